The van der Waals surface area contributed by atoms with E-state index in [1.54, 1.807) is 12.1 Å². The van der Waals surface area contributed by atoms with Crippen molar-refractivity contribution in [2.45, 2.75) is 19.3 Å². The molecule has 2 aromatic carbocycles. The van der Waals surface area contributed by atoms with E-state index < -0.39 is 0 Å². The van der Waals surface area contributed by atoms with E-state index in [1.807, 2.05) is 43.3 Å². The number of ether oxygens (including phenoxy) is 1. The molecule has 112 valence electrons. The third-order valence-corrected chi connectivity index (χ3v) is 4.28. The van der Waals surface area contributed by atoms with Gasteiger partial charge in [0.05, 0.1) is 5.92 Å². The fraction of sp³-hybridized carbons (Fsp3) is 0.211. The molecule has 0 spiro atoms. The fourth-order valence-corrected chi connectivity index (χ4v) is 2.96. The number of rotatable bonds is 3. The van der Waals surface area contributed by atoms with Crippen molar-refractivity contribution in [2.24, 2.45) is 5.92 Å². The SMILES string of the molecule is CC[C@H]1C(=O)OC(c2ccc(Cl)cc2)=C[C@H]1c1ccccc1. The molecule has 1 heterocycles. The zero-order valence-electron chi connectivity index (χ0n) is 12.3. The van der Waals surface area contributed by atoms with Gasteiger partial charge in [-0.3, -0.25) is 4.79 Å². The summed E-state index contributed by atoms with van der Waals surface area (Å²) in [7, 11) is 0. The lowest BCUT2D eigenvalue weighted by Crippen LogP contribution is -2.27. The molecule has 0 bridgehead atoms. The minimum atomic E-state index is -0.163. The van der Waals surface area contributed by atoms with Crippen LogP contribution in [-0.4, -0.2) is 5.97 Å². The lowest BCUT2D eigenvalue weighted by molar-refractivity contribution is -0.142. The highest BCUT2D eigenvalue weighted by atomic mass is 35.5. The highest BCUT2D eigenvalue weighted by Crippen LogP contribution is 2.37. The quantitative estimate of drug-likeness (QED) is 0.741. The van der Waals surface area contributed by atoms with Gasteiger partial charge in [0.2, 0.25) is 0 Å². The Kier molecular flexibility index (Phi) is 4.30. The summed E-state index contributed by atoms with van der Waals surface area (Å²) >= 11 is 5.92. The van der Waals surface area contributed by atoms with Crippen molar-refractivity contribution >= 4 is 23.3 Å². The molecule has 0 unspecified atom stereocenters. The van der Waals surface area contributed by atoms with Crippen LogP contribution >= 0.6 is 11.6 Å². The summed E-state index contributed by atoms with van der Waals surface area (Å²) in [4.78, 5) is 12.4. The molecule has 0 saturated carbocycles. The van der Waals surface area contributed by atoms with Gasteiger partial charge in [-0.05, 0) is 42.3 Å². The van der Waals surface area contributed by atoms with E-state index in [2.05, 4.69) is 12.1 Å². The third kappa shape index (κ3) is 2.93. The van der Waals surface area contributed by atoms with Crippen molar-refractivity contribution in [1.29, 1.82) is 0 Å². The standard InChI is InChI=1S/C19H17ClO2/c1-2-16-17(13-6-4-3-5-7-13)12-18(22-19(16)21)14-8-10-15(20)11-9-14/h3-12,16-17H,2H2,1H3/t16-,17+/m1/s1. The molecule has 3 heteroatoms. The molecule has 0 saturated heterocycles. The number of allylic oxidation sites excluding steroid dienone is 1. The van der Waals surface area contributed by atoms with Gasteiger partial charge in [-0.15, -0.1) is 0 Å². The number of benzene rings is 2. The number of carbonyl (C=O) groups excluding carboxylic acids is 1. The second-order valence-corrected chi connectivity index (χ2v) is 5.85. The molecule has 22 heavy (non-hydrogen) atoms. The molecule has 2 aromatic rings. The van der Waals surface area contributed by atoms with Gasteiger partial charge in [0.1, 0.15) is 5.76 Å². The second-order valence-electron chi connectivity index (χ2n) is 5.41. The van der Waals surface area contributed by atoms with Gasteiger partial charge in [-0.2, -0.15) is 0 Å². The Morgan fingerprint density at radius 3 is 2.36 bits per heavy atom. The monoisotopic (exact) mass is 312 g/mol. The maximum atomic E-state index is 12.4. The van der Waals surface area contributed by atoms with Crippen LogP contribution in [0, 0.1) is 5.92 Å². The maximum Gasteiger partial charge on any atom is 0.315 e. The average molecular weight is 313 g/mol. The Morgan fingerprint density at radius 2 is 1.73 bits per heavy atom. The Bertz CT molecular complexity index is 689. The molecule has 0 aliphatic carbocycles. The van der Waals surface area contributed by atoms with Gasteiger partial charge in [-0.1, -0.05) is 48.9 Å². The highest BCUT2D eigenvalue weighted by molar-refractivity contribution is 6.30. The van der Waals surface area contributed by atoms with E-state index in [9.17, 15) is 4.79 Å². The summed E-state index contributed by atoms with van der Waals surface area (Å²) in [5, 5.41) is 0.664. The second kappa shape index (κ2) is 6.37. The fourth-order valence-electron chi connectivity index (χ4n) is 2.84. The van der Waals surface area contributed by atoms with E-state index in [0.717, 1.165) is 17.5 Å². The Hall–Kier alpha value is -2.06. The van der Waals surface area contributed by atoms with Gasteiger partial charge in [0, 0.05) is 16.5 Å². The molecule has 2 atom stereocenters. The largest absolute Gasteiger partial charge is 0.426 e. The minimum absolute atomic E-state index is 0.0399. The third-order valence-electron chi connectivity index (χ3n) is 4.03. The van der Waals surface area contributed by atoms with Crippen LogP contribution in [0.15, 0.2) is 60.7 Å². The first kappa shape index (κ1) is 14.9. The van der Waals surface area contributed by atoms with Crippen LogP contribution in [0.25, 0.3) is 5.76 Å². The number of carbonyl (C=O) groups is 1. The zero-order valence-corrected chi connectivity index (χ0v) is 13.1. The van der Waals surface area contributed by atoms with Gasteiger partial charge in [-0.25, -0.2) is 0 Å². The molecule has 0 fully saturated rings. The molecule has 0 aromatic heterocycles. The predicted molar refractivity (Wildman–Crippen MR) is 88.5 cm³/mol. The first-order chi connectivity index (χ1) is 10.7. The zero-order chi connectivity index (χ0) is 15.5. The lowest BCUT2D eigenvalue weighted by Gasteiger charge is -2.28. The van der Waals surface area contributed by atoms with Crippen molar-refractivity contribution < 1.29 is 9.53 Å². The Balaban J connectivity index is 2.02. The summed E-state index contributed by atoms with van der Waals surface area (Å²) in [6, 6.07) is 17.4. The Morgan fingerprint density at radius 1 is 1.05 bits per heavy atom. The van der Waals surface area contributed by atoms with Crippen LogP contribution in [-0.2, 0) is 9.53 Å². The summed E-state index contributed by atoms with van der Waals surface area (Å²) in [5.41, 5.74) is 2.01. The van der Waals surface area contributed by atoms with E-state index in [1.165, 1.54) is 0 Å². The summed E-state index contributed by atoms with van der Waals surface area (Å²) < 4.78 is 5.55. The van der Waals surface area contributed by atoms with Crippen LogP contribution in [0.5, 0.6) is 0 Å². The number of halogens is 1. The molecule has 1 aliphatic rings. The topological polar surface area (TPSA) is 26.3 Å². The lowest BCUT2D eigenvalue weighted by atomic mass is 9.82. The Labute approximate surface area is 135 Å². The first-order valence-corrected chi connectivity index (χ1v) is 7.81. The van der Waals surface area contributed by atoms with E-state index in [-0.39, 0.29) is 17.8 Å². The van der Waals surface area contributed by atoms with E-state index in [0.29, 0.717) is 10.8 Å². The molecule has 2 nitrogen and oxygen atoms in total. The van der Waals surface area contributed by atoms with Crippen molar-refractivity contribution in [3.63, 3.8) is 0 Å². The molecule has 3 rings (SSSR count). The highest BCUT2D eigenvalue weighted by Gasteiger charge is 2.33. The number of cyclic esters (lactones) is 1. The van der Waals surface area contributed by atoms with Crippen LogP contribution in [0.4, 0.5) is 0 Å². The minimum Gasteiger partial charge on any atom is -0.426 e. The first-order valence-electron chi connectivity index (χ1n) is 7.43. The maximum absolute atomic E-state index is 12.4. The van der Waals surface area contributed by atoms with E-state index in [4.69, 9.17) is 16.3 Å². The van der Waals surface area contributed by atoms with Crippen LogP contribution in [0.1, 0.15) is 30.4 Å². The smallest absolute Gasteiger partial charge is 0.315 e. The predicted octanol–water partition coefficient (Wildman–Crippen LogP) is 5.05. The summed E-state index contributed by atoms with van der Waals surface area (Å²) in [5.74, 6) is 0.348. The summed E-state index contributed by atoms with van der Waals surface area (Å²) in [6.45, 7) is 2.02. The van der Waals surface area contributed by atoms with E-state index >= 15 is 0 Å². The van der Waals surface area contributed by atoms with Gasteiger partial charge in [0.15, 0.2) is 0 Å². The van der Waals surface area contributed by atoms with Crippen molar-refractivity contribution in [3.8, 4) is 0 Å². The number of hydrogen-bond acceptors (Lipinski definition) is 2. The molecule has 0 radical (unpaired) electrons. The number of hydrogen-bond donors (Lipinski definition) is 0. The normalized spacial score (nSPS) is 21.2. The molecular weight excluding hydrogens is 296 g/mol. The van der Waals surface area contributed by atoms with Crippen LogP contribution in [0.3, 0.4) is 0 Å². The summed E-state index contributed by atoms with van der Waals surface area (Å²) in [6.07, 6.45) is 2.80. The van der Waals surface area contributed by atoms with Gasteiger partial charge < -0.3 is 4.74 Å². The van der Waals surface area contributed by atoms with Crippen molar-refractivity contribution in [2.75, 3.05) is 0 Å². The van der Waals surface area contributed by atoms with Crippen molar-refractivity contribution in [3.05, 3.63) is 76.8 Å². The molecule has 0 N–H and O–H groups in total. The number of esters is 1. The van der Waals surface area contributed by atoms with Gasteiger partial charge >= 0.3 is 5.97 Å². The van der Waals surface area contributed by atoms with Gasteiger partial charge in [0.25, 0.3) is 0 Å². The molecule has 1 aliphatic heterocycles. The van der Waals surface area contributed by atoms with Crippen LogP contribution in [0.2, 0.25) is 5.02 Å². The van der Waals surface area contributed by atoms with Crippen molar-refractivity contribution in [1.82, 2.24) is 0 Å². The molecule has 0 amide bonds. The average Bonchev–Trinajstić information content (AvgIpc) is 2.55. The molecular formula is C19H17ClO2. The van der Waals surface area contributed by atoms with Crippen LogP contribution < -0.4 is 0 Å².